The Hall–Kier alpha value is -0.520. The fraction of sp³-hybridized carbons (Fsp3) is 0.615. The number of carbonyl (C=O) groups is 1. The number of nitrogens with one attached hydrogen (secondary N) is 1. The van der Waals surface area contributed by atoms with E-state index in [1.165, 1.54) is 4.88 Å². The maximum Gasteiger partial charge on any atom is 0.255 e. The van der Waals surface area contributed by atoms with Crippen LogP contribution in [0.3, 0.4) is 0 Å². The van der Waals surface area contributed by atoms with Crippen molar-refractivity contribution >= 4 is 29.2 Å². The highest BCUT2D eigenvalue weighted by molar-refractivity contribution is 7.97. The quantitative estimate of drug-likeness (QED) is 0.848. The molecule has 1 aliphatic rings. The predicted octanol–water partition coefficient (Wildman–Crippen LogP) is 2.87. The molecule has 0 radical (unpaired) electrons. The lowest BCUT2D eigenvalue weighted by Gasteiger charge is -2.19. The highest BCUT2D eigenvalue weighted by Gasteiger charge is 2.21. The standard InChI is InChI=1S/C13H20N2OS2/c1-9(2)12-8-11(10(3)18-12)13(16)15-5-4-14-17-7-6-15/h8-9,14H,4-7H2,1-3H3. The number of thiophene rings is 1. The van der Waals surface area contributed by atoms with Gasteiger partial charge in [-0.2, -0.15) is 0 Å². The average Bonchev–Trinajstić information content (AvgIpc) is 2.57. The van der Waals surface area contributed by atoms with Gasteiger partial charge >= 0.3 is 0 Å². The SMILES string of the molecule is Cc1sc(C(C)C)cc1C(=O)N1CCNSCC1. The van der Waals surface area contributed by atoms with Crippen LogP contribution in [0.2, 0.25) is 0 Å². The van der Waals surface area contributed by atoms with Crippen molar-refractivity contribution in [3.63, 3.8) is 0 Å². The summed E-state index contributed by atoms with van der Waals surface area (Å²) >= 11 is 3.46. The maximum atomic E-state index is 12.5. The van der Waals surface area contributed by atoms with Crippen molar-refractivity contribution in [3.05, 3.63) is 21.4 Å². The molecule has 1 amide bonds. The molecule has 0 atom stereocenters. The fourth-order valence-electron chi connectivity index (χ4n) is 1.97. The second-order valence-electron chi connectivity index (χ2n) is 4.81. The van der Waals surface area contributed by atoms with Crippen LogP contribution in [0.5, 0.6) is 0 Å². The van der Waals surface area contributed by atoms with E-state index in [4.69, 9.17) is 0 Å². The molecule has 1 aromatic rings. The molecule has 2 heterocycles. The van der Waals surface area contributed by atoms with Crippen molar-refractivity contribution in [2.45, 2.75) is 26.7 Å². The van der Waals surface area contributed by atoms with E-state index in [2.05, 4.69) is 31.6 Å². The van der Waals surface area contributed by atoms with Crippen LogP contribution >= 0.6 is 23.3 Å². The molecule has 3 nitrogen and oxygen atoms in total. The Morgan fingerprint density at radius 3 is 2.89 bits per heavy atom. The monoisotopic (exact) mass is 284 g/mol. The van der Waals surface area contributed by atoms with Crippen LogP contribution in [0.25, 0.3) is 0 Å². The zero-order valence-corrected chi connectivity index (χ0v) is 12.8. The first-order valence-corrected chi connectivity index (χ1v) is 8.14. The van der Waals surface area contributed by atoms with Crippen LogP contribution in [0.4, 0.5) is 0 Å². The molecule has 0 aromatic carbocycles. The zero-order valence-electron chi connectivity index (χ0n) is 11.2. The second kappa shape index (κ2) is 6.08. The molecule has 0 saturated carbocycles. The number of rotatable bonds is 2. The predicted molar refractivity (Wildman–Crippen MR) is 79.5 cm³/mol. The first-order chi connectivity index (χ1) is 8.59. The molecular formula is C13H20N2OS2. The van der Waals surface area contributed by atoms with Gasteiger partial charge in [-0.3, -0.25) is 9.52 Å². The number of aryl methyl sites for hydroxylation is 1. The van der Waals surface area contributed by atoms with Gasteiger partial charge < -0.3 is 4.90 Å². The van der Waals surface area contributed by atoms with Crippen LogP contribution < -0.4 is 4.72 Å². The summed E-state index contributed by atoms with van der Waals surface area (Å²) in [5, 5.41) is 0. The minimum atomic E-state index is 0.194. The molecule has 100 valence electrons. The minimum absolute atomic E-state index is 0.194. The number of hydrogen-bond acceptors (Lipinski definition) is 4. The summed E-state index contributed by atoms with van der Waals surface area (Å²) < 4.78 is 3.25. The molecule has 1 N–H and O–H groups in total. The molecule has 1 aliphatic heterocycles. The van der Waals surface area contributed by atoms with E-state index in [-0.39, 0.29) is 5.91 Å². The molecule has 1 aromatic heterocycles. The average molecular weight is 284 g/mol. The lowest BCUT2D eigenvalue weighted by molar-refractivity contribution is 0.0771. The molecule has 2 rings (SSSR count). The third kappa shape index (κ3) is 3.08. The smallest absolute Gasteiger partial charge is 0.255 e. The Morgan fingerprint density at radius 1 is 1.44 bits per heavy atom. The van der Waals surface area contributed by atoms with Crippen LogP contribution in [-0.2, 0) is 0 Å². The first kappa shape index (κ1) is 13.9. The van der Waals surface area contributed by atoms with Crippen LogP contribution in [0, 0.1) is 6.92 Å². The van der Waals surface area contributed by atoms with Crippen molar-refractivity contribution in [3.8, 4) is 0 Å². The number of amides is 1. The Morgan fingerprint density at radius 2 is 2.22 bits per heavy atom. The van der Waals surface area contributed by atoms with E-state index in [0.717, 1.165) is 35.8 Å². The van der Waals surface area contributed by atoms with Gasteiger partial charge in [0.1, 0.15) is 0 Å². The van der Waals surface area contributed by atoms with E-state index in [1.807, 2.05) is 4.90 Å². The lowest BCUT2D eigenvalue weighted by atomic mass is 10.1. The summed E-state index contributed by atoms with van der Waals surface area (Å²) in [6.45, 7) is 8.91. The highest BCUT2D eigenvalue weighted by atomic mass is 32.2. The third-order valence-corrected chi connectivity index (χ3v) is 5.22. The summed E-state index contributed by atoms with van der Waals surface area (Å²) in [4.78, 5) is 16.9. The summed E-state index contributed by atoms with van der Waals surface area (Å²) in [5.41, 5.74) is 0.899. The van der Waals surface area contributed by atoms with Crippen LogP contribution in [-0.4, -0.2) is 36.2 Å². The van der Waals surface area contributed by atoms with Crippen molar-refractivity contribution in [1.29, 1.82) is 0 Å². The Labute approximate surface area is 117 Å². The molecule has 0 unspecified atom stereocenters. The molecule has 1 saturated heterocycles. The van der Waals surface area contributed by atoms with Gasteiger partial charge in [0, 0.05) is 35.1 Å². The van der Waals surface area contributed by atoms with E-state index in [1.54, 1.807) is 23.3 Å². The number of carbonyl (C=O) groups excluding carboxylic acids is 1. The highest BCUT2D eigenvalue weighted by Crippen LogP contribution is 2.28. The van der Waals surface area contributed by atoms with Crippen LogP contribution in [0.1, 0.15) is 39.9 Å². The Balaban J connectivity index is 2.16. The van der Waals surface area contributed by atoms with Gasteiger partial charge in [0.25, 0.3) is 5.91 Å². The topological polar surface area (TPSA) is 32.3 Å². The Kier molecular flexibility index (Phi) is 4.70. The van der Waals surface area contributed by atoms with Crippen molar-refractivity contribution in [1.82, 2.24) is 9.62 Å². The minimum Gasteiger partial charge on any atom is -0.336 e. The maximum absolute atomic E-state index is 12.5. The number of hydrogen-bond donors (Lipinski definition) is 1. The van der Waals surface area contributed by atoms with E-state index in [9.17, 15) is 4.79 Å². The van der Waals surface area contributed by atoms with Gasteiger partial charge in [-0.05, 0) is 18.9 Å². The molecule has 18 heavy (non-hydrogen) atoms. The van der Waals surface area contributed by atoms with Crippen LogP contribution in [0.15, 0.2) is 6.07 Å². The van der Waals surface area contributed by atoms with E-state index in [0.29, 0.717) is 5.92 Å². The molecule has 0 aliphatic carbocycles. The molecule has 0 spiro atoms. The molecular weight excluding hydrogens is 264 g/mol. The van der Waals surface area contributed by atoms with Crippen molar-refractivity contribution < 1.29 is 4.79 Å². The summed E-state index contributed by atoms with van der Waals surface area (Å²) in [6, 6.07) is 2.08. The van der Waals surface area contributed by atoms with Gasteiger partial charge in [-0.25, -0.2) is 0 Å². The van der Waals surface area contributed by atoms with Gasteiger partial charge in [-0.1, -0.05) is 25.8 Å². The summed E-state index contributed by atoms with van der Waals surface area (Å²) in [6.07, 6.45) is 0. The lowest BCUT2D eigenvalue weighted by Crippen LogP contribution is -2.34. The summed E-state index contributed by atoms with van der Waals surface area (Å²) in [5.74, 6) is 1.66. The molecule has 5 heteroatoms. The molecule has 1 fully saturated rings. The largest absolute Gasteiger partial charge is 0.336 e. The van der Waals surface area contributed by atoms with Gasteiger partial charge in [-0.15, -0.1) is 11.3 Å². The van der Waals surface area contributed by atoms with Gasteiger partial charge in [0.15, 0.2) is 0 Å². The molecule has 0 bridgehead atoms. The second-order valence-corrected chi connectivity index (χ2v) is 7.08. The normalized spacial score (nSPS) is 17.0. The zero-order chi connectivity index (χ0) is 13.1. The Bertz CT molecular complexity index is 421. The number of nitrogens with zero attached hydrogens (tertiary/aromatic N) is 1. The van der Waals surface area contributed by atoms with Crippen molar-refractivity contribution in [2.24, 2.45) is 0 Å². The first-order valence-electron chi connectivity index (χ1n) is 6.34. The van der Waals surface area contributed by atoms with Gasteiger partial charge in [0.2, 0.25) is 0 Å². The summed E-state index contributed by atoms with van der Waals surface area (Å²) in [7, 11) is 0. The fourth-order valence-corrected chi connectivity index (χ4v) is 3.68. The van der Waals surface area contributed by atoms with E-state index >= 15 is 0 Å². The van der Waals surface area contributed by atoms with E-state index < -0.39 is 0 Å². The van der Waals surface area contributed by atoms with Gasteiger partial charge in [0.05, 0.1) is 5.56 Å². The van der Waals surface area contributed by atoms with Crippen molar-refractivity contribution in [2.75, 3.05) is 25.4 Å². The third-order valence-electron chi connectivity index (χ3n) is 3.07.